The Kier molecular flexibility index (Phi) is 7.15. The van der Waals surface area contributed by atoms with E-state index in [9.17, 15) is 9.59 Å². The Morgan fingerprint density at radius 3 is 2.29 bits per heavy atom. The van der Waals surface area contributed by atoms with Crippen LogP contribution in [0, 0.1) is 5.92 Å². The van der Waals surface area contributed by atoms with Gasteiger partial charge in [0.05, 0.1) is 6.42 Å². The van der Waals surface area contributed by atoms with Crippen LogP contribution in [-0.2, 0) is 22.4 Å². The smallest absolute Gasteiger partial charge is 0.226 e. The van der Waals surface area contributed by atoms with E-state index in [1.165, 1.54) is 10.4 Å². The van der Waals surface area contributed by atoms with Gasteiger partial charge in [0.1, 0.15) is 0 Å². The molecule has 0 bridgehead atoms. The van der Waals surface area contributed by atoms with Gasteiger partial charge in [0.15, 0.2) is 0 Å². The number of carbonyl (C=O) groups excluding carboxylic acids is 2. The summed E-state index contributed by atoms with van der Waals surface area (Å²) in [4.78, 5) is 28.4. The van der Waals surface area contributed by atoms with Crippen LogP contribution in [0.2, 0.25) is 0 Å². The maximum Gasteiger partial charge on any atom is 0.226 e. The van der Waals surface area contributed by atoms with E-state index in [0.29, 0.717) is 26.1 Å². The van der Waals surface area contributed by atoms with Crippen molar-refractivity contribution in [2.24, 2.45) is 5.92 Å². The van der Waals surface area contributed by atoms with Crippen molar-refractivity contribution in [3.05, 3.63) is 82.6 Å². The lowest BCUT2D eigenvalue weighted by atomic mass is 9.95. The lowest BCUT2D eigenvalue weighted by Gasteiger charge is -2.31. The molecule has 2 heterocycles. The third-order valence-corrected chi connectivity index (χ3v) is 6.82. The molecule has 0 atom stereocenters. The Morgan fingerprint density at radius 1 is 0.903 bits per heavy atom. The normalized spacial score (nSPS) is 14.4. The second-order valence-electron chi connectivity index (χ2n) is 8.02. The molecule has 1 aliphatic rings. The summed E-state index contributed by atoms with van der Waals surface area (Å²) in [6.45, 7) is 1.99. The largest absolute Gasteiger partial charge is 0.355 e. The molecule has 1 aromatic heterocycles. The van der Waals surface area contributed by atoms with Gasteiger partial charge in [-0.05, 0) is 47.4 Å². The zero-order chi connectivity index (χ0) is 21.5. The fourth-order valence-corrected chi connectivity index (χ4v) is 4.74. The molecule has 0 spiro atoms. The van der Waals surface area contributed by atoms with Gasteiger partial charge in [-0.25, -0.2) is 0 Å². The third-order valence-electron chi connectivity index (χ3n) is 5.89. The van der Waals surface area contributed by atoms with Crippen molar-refractivity contribution in [3.8, 4) is 11.1 Å². The Labute approximate surface area is 187 Å². The van der Waals surface area contributed by atoms with E-state index >= 15 is 0 Å². The van der Waals surface area contributed by atoms with Crippen LogP contribution in [0.3, 0.4) is 0 Å². The summed E-state index contributed by atoms with van der Waals surface area (Å²) < 4.78 is 0. The minimum atomic E-state index is 0.0116. The molecule has 31 heavy (non-hydrogen) atoms. The molecule has 3 aromatic rings. The Morgan fingerprint density at radius 2 is 1.61 bits per heavy atom. The number of nitrogens with one attached hydrogen (secondary N) is 1. The number of rotatable bonds is 7. The molecule has 0 aliphatic carbocycles. The van der Waals surface area contributed by atoms with Crippen molar-refractivity contribution in [3.63, 3.8) is 0 Å². The molecule has 0 radical (unpaired) electrons. The summed E-state index contributed by atoms with van der Waals surface area (Å²) in [5.41, 5.74) is 3.36. The van der Waals surface area contributed by atoms with Crippen molar-refractivity contribution in [2.75, 3.05) is 19.6 Å². The van der Waals surface area contributed by atoms with Crippen LogP contribution in [0.1, 0.15) is 23.3 Å². The SMILES string of the molecule is O=C(NCCc1cccs1)C1CCN(C(=O)Cc2ccc(-c3ccccc3)cc2)CC1. The highest BCUT2D eigenvalue weighted by Gasteiger charge is 2.27. The van der Waals surface area contributed by atoms with Gasteiger partial charge in [0, 0.05) is 30.4 Å². The minimum absolute atomic E-state index is 0.0116. The highest BCUT2D eigenvalue weighted by atomic mass is 32.1. The quantitative estimate of drug-likeness (QED) is 0.595. The van der Waals surface area contributed by atoms with Gasteiger partial charge in [-0.2, -0.15) is 0 Å². The van der Waals surface area contributed by atoms with Crippen LogP contribution < -0.4 is 5.32 Å². The zero-order valence-electron chi connectivity index (χ0n) is 17.6. The average molecular weight is 433 g/mol. The van der Waals surface area contributed by atoms with E-state index in [1.54, 1.807) is 11.3 Å². The number of benzene rings is 2. The van der Waals surface area contributed by atoms with Gasteiger partial charge in [-0.3, -0.25) is 9.59 Å². The van der Waals surface area contributed by atoms with Crippen LogP contribution in [0.5, 0.6) is 0 Å². The average Bonchev–Trinajstić information content (AvgIpc) is 3.34. The van der Waals surface area contributed by atoms with Gasteiger partial charge in [0.25, 0.3) is 0 Å². The van der Waals surface area contributed by atoms with E-state index in [-0.39, 0.29) is 17.7 Å². The first-order valence-corrected chi connectivity index (χ1v) is 11.8. The van der Waals surface area contributed by atoms with E-state index in [2.05, 4.69) is 41.0 Å². The van der Waals surface area contributed by atoms with Crippen LogP contribution in [0.15, 0.2) is 72.1 Å². The molecule has 4 rings (SSSR count). The van der Waals surface area contributed by atoms with Crippen LogP contribution in [0.25, 0.3) is 11.1 Å². The standard InChI is InChI=1S/C26H28N2O2S/c29-25(19-20-8-10-22(11-9-20)21-5-2-1-3-6-21)28-16-13-23(14-17-28)26(30)27-15-12-24-7-4-18-31-24/h1-11,18,23H,12-17,19H2,(H,27,30). The lowest BCUT2D eigenvalue weighted by Crippen LogP contribution is -2.43. The van der Waals surface area contributed by atoms with E-state index < -0.39 is 0 Å². The molecule has 1 N–H and O–H groups in total. The number of carbonyl (C=O) groups is 2. The summed E-state index contributed by atoms with van der Waals surface area (Å²) in [7, 11) is 0. The van der Waals surface area contributed by atoms with Crippen LogP contribution in [-0.4, -0.2) is 36.3 Å². The number of likely N-dealkylation sites (tertiary alicyclic amines) is 1. The Balaban J connectivity index is 1.21. The number of piperidine rings is 1. The fraction of sp³-hybridized carbons (Fsp3) is 0.308. The highest BCUT2D eigenvalue weighted by Crippen LogP contribution is 2.21. The molecular weight excluding hydrogens is 404 g/mol. The maximum atomic E-state index is 12.7. The summed E-state index contributed by atoms with van der Waals surface area (Å²) in [6.07, 6.45) is 2.77. The monoisotopic (exact) mass is 432 g/mol. The molecule has 1 aliphatic heterocycles. The summed E-state index contributed by atoms with van der Waals surface area (Å²) in [5, 5.41) is 5.11. The van der Waals surface area contributed by atoms with Crippen molar-refractivity contribution in [1.29, 1.82) is 0 Å². The molecule has 0 unspecified atom stereocenters. The predicted molar refractivity (Wildman–Crippen MR) is 126 cm³/mol. The molecule has 5 heteroatoms. The number of nitrogens with zero attached hydrogens (tertiary/aromatic N) is 1. The molecule has 1 saturated heterocycles. The second kappa shape index (κ2) is 10.4. The molecule has 0 saturated carbocycles. The number of amides is 2. The zero-order valence-corrected chi connectivity index (χ0v) is 18.4. The molecular formula is C26H28N2O2S. The van der Waals surface area contributed by atoms with Crippen molar-refractivity contribution in [2.45, 2.75) is 25.7 Å². The lowest BCUT2D eigenvalue weighted by molar-refractivity contribution is -0.135. The molecule has 1 fully saturated rings. The topological polar surface area (TPSA) is 49.4 Å². The molecule has 160 valence electrons. The summed E-state index contributed by atoms with van der Waals surface area (Å²) >= 11 is 1.72. The first-order valence-electron chi connectivity index (χ1n) is 10.9. The number of hydrogen-bond donors (Lipinski definition) is 1. The fourth-order valence-electron chi connectivity index (χ4n) is 4.03. The number of thiophene rings is 1. The second-order valence-corrected chi connectivity index (χ2v) is 9.05. The van der Waals surface area contributed by atoms with Crippen molar-refractivity contribution in [1.82, 2.24) is 10.2 Å². The van der Waals surface area contributed by atoms with Gasteiger partial charge in [-0.15, -0.1) is 11.3 Å². The molecule has 4 nitrogen and oxygen atoms in total. The van der Waals surface area contributed by atoms with Gasteiger partial charge in [-0.1, -0.05) is 60.7 Å². The van der Waals surface area contributed by atoms with Crippen molar-refractivity contribution < 1.29 is 9.59 Å². The Bertz CT molecular complexity index is 976. The summed E-state index contributed by atoms with van der Waals surface area (Å²) in [6, 6.07) is 22.6. The van der Waals surface area contributed by atoms with Gasteiger partial charge in [0.2, 0.25) is 11.8 Å². The van der Waals surface area contributed by atoms with Crippen molar-refractivity contribution >= 4 is 23.2 Å². The highest BCUT2D eigenvalue weighted by molar-refractivity contribution is 7.09. The van der Waals surface area contributed by atoms with Crippen LogP contribution in [0.4, 0.5) is 0 Å². The predicted octanol–water partition coefficient (Wildman–Crippen LogP) is 4.56. The van der Waals surface area contributed by atoms with E-state index in [0.717, 1.165) is 30.4 Å². The van der Waals surface area contributed by atoms with E-state index in [4.69, 9.17) is 0 Å². The summed E-state index contributed by atoms with van der Waals surface area (Å²) in [5.74, 6) is 0.279. The maximum absolute atomic E-state index is 12.7. The van der Waals surface area contributed by atoms with Gasteiger partial charge >= 0.3 is 0 Å². The number of hydrogen-bond acceptors (Lipinski definition) is 3. The van der Waals surface area contributed by atoms with Gasteiger partial charge < -0.3 is 10.2 Å². The van der Waals surface area contributed by atoms with Crippen LogP contribution >= 0.6 is 11.3 Å². The molecule has 2 amide bonds. The first kappa shape index (κ1) is 21.3. The Hall–Kier alpha value is -2.92. The third kappa shape index (κ3) is 5.82. The molecule has 2 aromatic carbocycles. The first-order chi connectivity index (χ1) is 15.2. The minimum Gasteiger partial charge on any atom is -0.355 e. The van der Waals surface area contributed by atoms with E-state index in [1.807, 2.05) is 41.3 Å².